The number of ether oxygens (including phenoxy) is 1. The van der Waals surface area contributed by atoms with Crippen molar-refractivity contribution in [1.82, 2.24) is 29.6 Å². The van der Waals surface area contributed by atoms with Crippen LogP contribution in [0.3, 0.4) is 0 Å². The van der Waals surface area contributed by atoms with Crippen LogP contribution >= 0.6 is 11.6 Å². The minimum Gasteiger partial charge on any atom is -0.453 e. The Kier molecular flexibility index (Phi) is 4.11. The number of aromatic nitrogens is 5. The third-order valence-corrected chi connectivity index (χ3v) is 8.20. The lowest BCUT2D eigenvalue weighted by atomic mass is 9.57. The Bertz CT molecular complexity index is 1290. The van der Waals surface area contributed by atoms with Crippen LogP contribution in [0.2, 0.25) is 5.02 Å². The van der Waals surface area contributed by atoms with Crippen molar-refractivity contribution in [2.24, 2.45) is 5.41 Å². The minimum absolute atomic E-state index is 0.291. The molecule has 1 amide bonds. The van der Waals surface area contributed by atoms with E-state index in [0.717, 1.165) is 67.6 Å². The number of halogens is 1. The van der Waals surface area contributed by atoms with Gasteiger partial charge in [-0.05, 0) is 55.5 Å². The van der Waals surface area contributed by atoms with Crippen molar-refractivity contribution in [2.75, 3.05) is 25.1 Å². The molecule has 0 N–H and O–H groups in total. The Balaban J connectivity index is 1.22. The maximum absolute atomic E-state index is 12.8. The number of anilines is 1. The van der Waals surface area contributed by atoms with Crippen LogP contribution in [0.5, 0.6) is 0 Å². The zero-order valence-electron chi connectivity index (χ0n) is 18.8. The highest BCUT2D eigenvalue weighted by Gasteiger charge is 2.59. The smallest absolute Gasteiger partial charge is 0.410 e. The molecular formula is C24H24ClN7O2. The van der Waals surface area contributed by atoms with Crippen molar-refractivity contribution in [2.45, 2.75) is 43.7 Å². The van der Waals surface area contributed by atoms with E-state index < -0.39 is 5.54 Å². The molecular weight excluding hydrogens is 454 g/mol. The van der Waals surface area contributed by atoms with E-state index in [0.29, 0.717) is 22.9 Å². The molecule has 174 valence electrons. The van der Waals surface area contributed by atoms with E-state index in [4.69, 9.17) is 21.4 Å². The summed E-state index contributed by atoms with van der Waals surface area (Å²) in [5.74, 6) is 2.95. The predicted octanol–water partition coefficient (Wildman–Crippen LogP) is 3.67. The standard InChI is InChI=1S/C24H24ClN7O2/c1-34-22(33)31-12-15-9-17(25)3-4-18(15)32-19(28-29-20(32)24(31)5-6-24)16-10-23(11-16)13-30(14-23)21-26-7-2-8-27-21/h2-4,7-9,16H,5-6,10-14H2,1H3. The van der Waals surface area contributed by atoms with Gasteiger partial charge in [-0.15, -0.1) is 10.2 Å². The van der Waals surface area contributed by atoms with Crippen LogP contribution < -0.4 is 4.90 Å². The van der Waals surface area contributed by atoms with E-state index in [9.17, 15) is 4.79 Å². The van der Waals surface area contributed by atoms with Crippen molar-refractivity contribution in [3.8, 4) is 5.69 Å². The number of amides is 1. The van der Waals surface area contributed by atoms with Crippen LogP contribution in [0.4, 0.5) is 10.7 Å². The van der Waals surface area contributed by atoms with Gasteiger partial charge in [-0.1, -0.05) is 11.6 Å². The van der Waals surface area contributed by atoms with Gasteiger partial charge < -0.3 is 9.64 Å². The number of rotatable bonds is 2. The van der Waals surface area contributed by atoms with Crippen molar-refractivity contribution in [1.29, 1.82) is 0 Å². The molecule has 3 aromatic rings. The van der Waals surface area contributed by atoms with Crippen molar-refractivity contribution >= 4 is 23.6 Å². The highest BCUT2D eigenvalue weighted by molar-refractivity contribution is 6.30. The number of benzene rings is 1. The third-order valence-electron chi connectivity index (χ3n) is 7.96. The van der Waals surface area contributed by atoms with E-state index >= 15 is 0 Å². The monoisotopic (exact) mass is 477 g/mol. The number of carbonyl (C=O) groups is 1. The molecule has 10 heteroatoms. The fraction of sp³-hybridized carbons (Fsp3) is 0.458. The largest absolute Gasteiger partial charge is 0.453 e. The topological polar surface area (TPSA) is 89.3 Å². The first-order chi connectivity index (χ1) is 16.5. The van der Waals surface area contributed by atoms with Crippen LogP contribution in [-0.2, 0) is 16.8 Å². The lowest BCUT2D eigenvalue weighted by molar-refractivity contribution is 0.0574. The highest BCUT2D eigenvalue weighted by atomic mass is 35.5. The van der Waals surface area contributed by atoms with Crippen LogP contribution in [-0.4, -0.2) is 55.9 Å². The van der Waals surface area contributed by atoms with Gasteiger partial charge in [-0.25, -0.2) is 14.8 Å². The summed E-state index contributed by atoms with van der Waals surface area (Å²) in [5.41, 5.74) is 1.81. The fourth-order valence-corrected chi connectivity index (χ4v) is 6.38. The molecule has 1 aromatic carbocycles. The Labute approximate surface area is 201 Å². The SMILES string of the molecule is COC(=O)N1Cc2cc(Cl)ccc2-n2c(C3CC4(C3)CN(c3ncccn3)C4)nnc2C12CC2. The van der Waals surface area contributed by atoms with Gasteiger partial charge in [-0.2, -0.15) is 0 Å². The van der Waals surface area contributed by atoms with Gasteiger partial charge in [-0.3, -0.25) is 9.47 Å². The van der Waals surface area contributed by atoms with E-state index in [1.54, 1.807) is 17.3 Å². The molecule has 2 saturated carbocycles. The van der Waals surface area contributed by atoms with E-state index in [-0.39, 0.29) is 6.09 Å². The zero-order valence-corrected chi connectivity index (χ0v) is 19.6. The van der Waals surface area contributed by atoms with Crippen molar-refractivity contribution in [3.05, 3.63) is 58.9 Å². The van der Waals surface area contributed by atoms with Crippen LogP contribution in [0, 0.1) is 5.41 Å². The molecule has 4 heterocycles. The van der Waals surface area contributed by atoms with Crippen molar-refractivity contribution < 1.29 is 9.53 Å². The molecule has 2 spiro atoms. The lowest BCUT2D eigenvalue weighted by Gasteiger charge is -2.58. The molecule has 4 aliphatic rings. The number of nitrogens with zero attached hydrogens (tertiary/aromatic N) is 7. The molecule has 0 unspecified atom stereocenters. The second-order valence-electron chi connectivity index (χ2n) is 10.1. The van der Waals surface area contributed by atoms with E-state index in [1.807, 2.05) is 24.3 Å². The minimum atomic E-state index is -0.469. The average Bonchev–Trinajstić information content (AvgIpc) is 3.50. The number of fused-ring (bicyclic) bond motifs is 4. The van der Waals surface area contributed by atoms with Crippen molar-refractivity contribution in [3.63, 3.8) is 0 Å². The van der Waals surface area contributed by atoms with Gasteiger partial charge in [0.05, 0.1) is 19.3 Å². The second kappa shape index (κ2) is 6.91. The Morgan fingerprint density at radius 2 is 1.91 bits per heavy atom. The molecule has 7 rings (SSSR count). The summed E-state index contributed by atoms with van der Waals surface area (Å²) in [6, 6.07) is 7.70. The van der Waals surface area contributed by atoms with Gasteiger partial charge in [0.15, 0.2) is 5.82 Å². The van der Waals surface area contributed by atoms with E-state index in [2.05, 4.69) is 24.5 Å². The lowest BCUT2D eigenvalue weighted by Crippen LogP contribution is -2.62. The first-order valence-corrected chi connectivity index (χ1v) is 12.0. The van der Waals surface area contributed by atoms with Crippen LogP contribution in [0.25, 0.3) is 5.69 Å². The molecule has 1 saturated heterocycles. The number of hydrogen-bond acceptors (Lipinski definition) is 7. The molecule has 0 radical (unpaired) electrons. The number of carbonyl (C=O) groups excluding carboxylic acids is 1. The van der Waals surface area contributed by atoms with Crippen LogP contribution in [0.15, 0.2) is 36.7 Å². The summed E-state index contributed by atoms with van der Waals surface area (Å²) in [7, 11) is 1.43. The van der Waals surface area contributed by atoms with Gasteiger partial charge >= 0.3 is 6.09 Å². The maximum atomic E-state index is 12.8. The molecule has 0 bridgehead atoms. The summed E-state index contributed by atoms with van der Waals surface area (Å²) < 4.78 is 7.35. The Morgan fingerprint density at radius 3 is 2.62 bits per heavy atom. The predicted molar refractivity (Wildman–Crippen MR) is 124 cm³/mol. The first kappa shape index (κ1) is 20.2. The Hall–Kier alpha value is -3.20. The summed E-state index contributed by atoms with van der Waals surface area (Å²) >= 11 is 6.36. The van der Waals surface area contributed by atoms with Gasteiger partial charge in [0.1, 0.15) is 11.4 Å². The molecule has 2 aliphatic carbocycles. The molecule has 2 aliphatic heterocycles. The molecule has 9 nitrogen and oxygen atoms in total. The normalized spacial score (nSPS) is 21.4. The Morgan fingerprint density at radius 1 is 1.15 bits per heavy atom. The highest BCUT2D eigenvalue weighted by Crippen LogP contribution is 2.58. The van der Waals surface area contributed by atoms with Crippen LogP contribution in [0.1, 0.15) is 48.8 Å². The quantitative estimate of drug-likeness (QED) is 0.556. The maximum Gasteiger partial charge on any atom is 0.410 e. The molecule has 3 fully saturated rings. The molecule has 2 aromatic heterocycles. The number of methoxy groups -OCH3 is 1. The van der Waals surface area contributed by atoms with E-state index in [1.165, 1.54) is 7.11 Å². The second-order valence-corrected chi connectivity index (χ2v) is 10.5. The van der Waals surface area contributed by atoms with Gasteiger partial charge in [0.2, 0.25) is 5.95 Å². The third kappa shape index (κ3) is 2.76. The number of hydrogen-bond donors (Lipinski definition) is 0. The first-order valence-electron chi connectivity index (χ1n) is 11.6. The summed E-state index contributed by atoms with van der Waals surface area (Å²) in [4.78, 5) is 25.6. The fourth-order valence-electron chi connectivity index (χ4n) is 6.19. The summed E-state index contributed by atoms with van der Waals surface area (Å²) in [6.07, 6.45) is 7.05. The van der Waals surface area contributed by atoms with Gasteiger partial charge in [0, 0.05) is 41.8 Å². The average molecular weight is 478 g/mol. The molecule has 0 atom stereocenters. The van der Waals surface area contributed by atoms with Gasteiger partial charge in [0.25, 0.3) is 0 Å². The summed E-state index contributed by atoms with van der Waals surface area (Å²) in [5, 5.41) is 10.0. The molecule has 34 heavy (non-hydrogen) atoms. The summed E-state index contributed by atoms with van der Waals surface area (Å²) in [6.45, 7) is 2.38. The zero-order chi connectivity index (χ0) is 23.1.